The van der Waals surface area contributed by atoms with Crippen LogP contribution in [0, 0.1) is 6.92 Å². The van der Waals surface area contributed by atoms with E-state index in [2.05, 4.69) is 15.4 Å². The Labute approximate surface area is 106 Å². The Balaban J connectivity index is 2.45. The maximum absolute atomic E-state index is 5.62. The van der Waals surface area contributed by atoms with Gasteiger partial charge in [-0.3, -0.25) is 15.8 Å². The Hall–Kier alpha value is -1.98. The third kappa shape index (κ3) is 2.47. The average molecular weight is 244 g/mol. The highest BCUT2D eigenvalue weighted by Crippen LogP contribution is 2.26. The number of pyridine rings is 2. The molecule has 1 unspecified atom stereocenters. The van der Waals surface area contributed by atoms with Crippen molar-refractivity contribution in [2.75, 3.05) is 7.11 Å². The van der Waals surface area contributed by atoms with Gasteiger partial charge in [0.05, 0.1) is 12.8 Å². The van der Waals surface area contributed by atoms with Crippen molar-refractivity contribution in [3.05, 3.63) is 53.6 Å². The Morgan fingerprint density at radius 3 is 2.78 bits per heavy atom. The van der Waals surface area contributed by atoms with Crippen LogP contribution in [0.2, 0.25) is 0 Å². The van der Waals surface area contributed by atoms with E-state index in [1.165, 1.54) is 0 Å². The molecule has 0 amide bonds. The van der Waals surface area contributed by atoms with Gasteiger partial charge in [-0.2, -0.15) is 0 Å². The molecule has 2 heterocycles. The van der Waals surface area contributed by atoms with E-state index in [1.807, 2.05) is 37.3 Å². The Kier molecular flexibility index (Phi) is 3.86. The van der Waals surface area contributed by atoms with Gasteiger partial charge in [0, 0.05) is 11.9 Å². The van der Waals surface area contributed by atoms with E-state index in [-0.39, 0.29) is 6.04 Å². The van der Waals surface area contributed by atoms with Crippen LogP contribution in [0.25, 0.3) is 0 Å². The minimum absolute atomic E-state index is 0.291. The molecule has 5 nitrogen and oxygen atoms in total. The summed E-state index contributed by atoms with van der Waals surface area (Å²) in [6.45, 7) is 1.94. The van der Waals surface area contributed by atoms with Gasteiger partial charge >= 0.3 is 0 Å². The fourth-order valence-electron chi connectivity index (χ4n) is 1.82. The smallest absolute Gasteiger partial charge is 0.142 e. The lowest BCUT2D eigenvalue weighted by Crippen LogP contribution is -2.30. The number of nitrogens with two attached hydrogens (primary N) is 1. The van der Waals surface area contributed by atoms with Crippen LogP contribution < -0.4 is 16.0 Å². The molecule has 2 aromatic rings. The highest BCUT2D eigenvalue weighted by Gasteiger charge is 2.19. The van der Waals surface area contributed by atoms with Gasteiger partial charge in [-0.1, -0.05) is 6.07 Å². The molecule has 2 rings (SSSR count). The highest BCUT2D eigenvalue weighted by molar-refractivity contribution is 5.34. The first-order chi connectivity index (χ1) is 8.76. The van der Waals surface area contributed by atoms with Gasteiger partial charge in [0.25, 0.3) is 0 Å². The van der Waals surface area contributed by atoms with E-state index < -0.39 is 0 Å². The van der Waals surface area contributed by atoms with Gasteiger partial charge in [-0.05, 0) is 31.2 Å². The topological polar surface area (TPSA) is 73.1 Å². The number of hydrazine groups is 1. The second-order valence-corrected chi connectivity index (χ2v) is 3.89. The minimum atomic E-state index is -0.291. The molecule has 0 fully saturated rings. The zero-order valence-corrected chi connectivity index (χ0v) is 10.4. The van der Waals surface area contributed by atoms with Crippen molar-refractivity contribution >= 4 is 0 Å². The quantitative estimate of drug-likeness (QED) is 0.627. The Morgan fingerprint density at radius 1 is 1.28 bits per heavy atom. The number of rotatable bonds is 4. The van der Waals surface area contributed by atoms with Crippen molar-refractivity contribution in [1.82, 2.24) is 15.4 Å². The molecular weight excluding hydrogens is 228 g/mol. The molecule has 0 radical (unpaired) electrons. The summed E-state index contributed by atoms with van der Waals surface area (Å²) in [5, 5.41) is 0. The molecule has 0 saturated heterocycles. The summed E-state index contributed by atoms with van der Waals surface area (Å²) < 4.78 is 5.29. The molecule has 0 spiro atoms. The van der Waals surface area contributed by atoms with Gasteiger partial charge in [0.15, 0.2) is 0 Å². The molecule has 0 saturated carbocycles. The summed E-state index contributed by atoms with van der Waals surface area (Å²) in [5.74, 6) is 6.31. The van der Waals surface area contributed by atoms with Gasteiger partial charge < -0.3 is 4.74 Å². The van der Waals surface area contributed by atoms with Crippen LogP contribution in [0.1, 0.15) is 23.1 Å². The zero-order chi connectivity index (χ0) is 13.0. The lowest BCUT2D eigenvalue weighted by Gasteiger charge is -2.17. The number of nitrogens with zero attached hydrogens (tertiary/aromatic N) is 2. The summed E-state index contributed by atoms with van der Waals surface area (Å²) in [7, 11) is 1.61. The summed E-state index contributed by atoms with van der Waals surface area (Å²) in [6.07, 6.45) is 1.71. The maximum atomic E-state index is 5.62. The molecule has 0 bridgehead atoms. The molecule has 0 aliphatic rings. The summed E-state index contributed by atoms with van der Waals surface area (Å²) >= 11 is 0. The van der Waals surface area contributed by atoms with Gasteiger partial charge in [-0.15, -0.1) is 0 Å². The first kappa shape index (κ1) is 12.5. The number of aryl methyl sites for hydroxylation is 1. The van der Waals surface area contributed by atoms with E-state index in [1.54, 1.807) is 13.3 Å². The SMILES string of the molecule is COc1cccnc1C(NN)c1cccc(C)n1. The average Bonchev–Trinajstić information content (AvgIpc) is 2.40. The second-order valence-electron chi connectivity index (χ2n) is 3.89. The van der Waals surface area contributed by atoms with Crippen molar-refractivity contribution in [3.63, 3.8) is 0 Å². The lowest BCUT2D eigenvalue weighted by atomic mass is 10.1. The van der Waals surface area contributed by atoms with E-state index in [0.717, 1.165) is 17.1 Å². The van der Waals surface area contributed by atoms with Gasteiger partial charge in [0.1, 0.15) is 17.5 Å². The van der Waals surface area contributed by atoms with Crippen LogP contribution >= 0.6 is 0 Å². The van der Waals surface area contributed by atoms with Crippen LogP contribution in [0.4, 0.5) is 0 Å². The molecule has 18 heavy (non-hydrogen) atoms. The Morgan fingerprint density at radius 2 is 2.11 bits per heavy atom. The van der Waals surface area contributed by atoms with Gasteiger partial charge in [-0.25, -0.2) is 5.43 Å². The second kappa shape index (κ2) is 5.57. The van der Waals surface area contributed by atoms with E-state index in [4.69, 9.17) is 10.6 Å². The molecule has 0 aromatic carbocycles. The third-order valence-corrected chi connectivity index (χ3v) is 2.67. The lowest BCUT2D eigenvalue weighted by molar-refractivity contribution is 0.399. The molecule has 5 heteroatoms. The largest absolute Gasteiger partial charge is 0.495 e. The number of methoxy groups -OCH3 is 1. The summed E-state index contributed by atoms with van der Waals surface area (Å²) in [6, 6.07) is 9.17. The van der Waals surface area contributed by atoms with Crippen LogP contribution in [0.3, 0.4) is 0 Å². The molecule has 94 valence electrons. The van der Waals surface area contributed by atoms with Crippen LogP contribution in [-0.4, -0.2) is 17.1 Å². The Bertz CT molecular complexity index is 530. The summed E-state index contributed by atoms with van der Waals surface area (Å²) in [4.78, 5) is 8.78. The normalized spacial score (nSPS) is 12.2. The number of nitrogens with one attached hydrogen (secondary N) is 1. The predicted octanol–water partition coefficient (Wildman–Crippen LogP) is 1.35. The van der Waals surface area contributed by atoms with Crippen molar-refractivity contribution < 1.29 is 4.74 Å². The van der Waals surface area contributed by atoms with E-state index >= 15 is 0 Å². The third-order valence-electron chi connectivity index (χ3n) is 2.67. The molecule has 2 aromatic heterocycles. The van der Waals surface area contributed by atoms with Crippen LogP contribution in [-0.2, 0) is 0 Å². The summed E-state index contributed by atoms with van der Waals surface area (Å²) in [5.41, 5.74) is 5.20. The monoisotopic (exact) mass is 244 g/mol. The molecule has 0 aliphatic heterocycles. The highest BCUT2D eigenvalue weighted by atomic mass is 16.5. The molecule has 1 atom stereocenters. The van der Waals surface area contributed by atoms with Gasteiger partial charge in [0.2, 0.25) is 0 Å². The molecule has 3 N–H and O–H groups in total. The fraction of sp³-hybridized carbons (Fsp3) is 0.231. The minimum Gasteiger partial charge on any atom is -0.495 e. The number of hydrogen-bond donors (Lipinski definition) is 2. The first-order valence-electron chi connectivity index (χ1n) is 5.65. The van der Waals surface area contributed by atoms with Crippen molar-refractivity contribution in [2.24, 2.45) is 5.84 Å². The zero-order valence-electron chi connectivity index (χ0n) is 10.4. The number of hydrogen-bond acceptors (Lipinski definition) is 5. The molecular formula is C13H16N4O. The van der Waals surface area contributed by atoms with E-state index in [9.17, 15) is 0 Å². The molecule has 0 aliphatic carbocycles. The standard InChI is InChI=1S/C13H16N4O/c1-9-5-3-6-10(16-9)12(17-14)13-11(18-2)7-4-8-15-13/h3-8,12,17H,14H2,1-2H3. The predicted molar refractivity (Wildman–Crippen MR) is 68.9 cm³/mol. The van der Waals surface area contributed by atoms with Crippen molar-refractivity contribution in [1.29, 1.82) is 0 Å². The number of aromatic nitrogens is 2. The first-order valence-corrected chi connectivity index (χ1v) is 5.65. The maximum Gasteiger partial charge on any atom is 0.142 e. The fourth-order valence-corrected chi connectivity index (χ4v) is 1.82. The number of ether oxygens (including phenoxy) is 1. The van der Waals surface area contributed by atoms with Crippen LogP contribution in [0.5, 0.6) is 5.75 Å². The van der Waals surface area contributed by atoms with Crippen molar-refractivity contribution in [3.8, 4) is 5.75 Å². The van der Waals surface area contributed by atoms with Crippen LogP contribution in [0.15, 0.2) is 36.5 Å². The van der Waals surface area contributed by atoms with Crippen molar-refractivity contribution in [2.45, 2.75) is 13.0 Å². The van der Waals surface area contributed by atoms with E-state index in [0.29, 0.717) is 5.75 Å².